The summed E-state index contributed by atoms with van der Waals surface area (Å²) in [5, 5.41) is 12.9. The normalized spacial score (nSPS) is 13.6. The van der Waals surface area contributed by atoms with Gasteiger partial charge in [-0.3, -0.25) is 4.79 Å². The first-order valence-electron chi connectivity index (χ1n) is 8.68. The molecule has 3 rings (SSSR count). The van der Waals surface area contributed by atoms with Crippen molar-refractivity contribution in [3.05, 3.63) is 46.6 Å². The van der Waals surface area contributed by atoms with Gasteiger partial charge in [0, 0.05) is 5.69 Å². The summed E-state index contributed by atoms with van der Waals surface area (Å²) in [5.41, 5.74) is 3.18. The van der Waals surface area contributed by atoms with E-state index in [0.717, 1.165) is 22.6 Å². The highest BCUT2D eigenvalue weighted by molar-refractivity contribution is 8.00. The zero-order valence-electron chi connectivity index (χ0n) is 15.5. The van der Waals surface area contributed by atoms with Gasteiger partial charge in [-0.05, 0) is 50.1 Å². The fourth-order valence-corrected chi connectivity index (χ4v) is 3.78. The number of fused-ring (bicyclic) bond motifs is 1. The fraction of sp³-hybridized carbons (Fsp3) is 0.350. The van der Waals surface area contributed by atoms with Crippen molar-refractivity contribution in [2.24, 2.45) is 0 Å². The van der Waals surface area contributed by atoms with E-state index < -0.39 is 0 Å². The average molecular weight is 383 g/mol. The maximum atomic E-state index is 12.4. The van der Waals surface area contributed by atoms with Crippen molar-refractivity contribution in [3.8, 4) is 17.6 Å². The zero-order valence-corrected chi connectivity index (χ0v) is 16.4. The third-order valence-electron chi connectivity index (χ3n) is 4.21. The van der Waals surface area contributed by atoms with Gasteiger partial charge in [0.05, 0.1) is 17.4 Å². The summed E-state index contributed by atoms with van der Waals surface area (Å²) in [7, 11) is 0. The van der Waals surface area contributed by atoms with Gasteiger partial charge in [-0.2, -0.15) is 5.26 Å². The van der Waals surface area contributed by atoms with Crippen molar-refractivity contribution in [1.29, 1.82) is 5.26 Å². The van der Waals surface area contributed by atoms with Gasteiger partial charge in [0.15, 0.2) is 11.5 Å². The number of thioether (sulfide) groups is 1. The molecule has 0 aliphatic carbocycles. The largest absolute Gasteiger partial charge is 0.486 e. The standard InChI is InChI=1S/C20H21N3O3S/c1-12-8-13(2)22-20(16(12)10-21)27-11-19(24)23-14(3)15-4-5-17-18(9-15)26-7-6-25-17/h4-5,8-9,14H,6-7,11H2,1-3H3,(H,23,24)/t14-/m1/s1. The molecule has 1 aliphatic rings. The molecule has 6 nitrogen and oxygen atoms in total. The summed E-state index contributed by atoms with van der Waals surface area (Å²) in [6.45, 7) is 6.75. The molecule has 0 fully saturated rings. The van der Waals surface area contributed by atoms with E-state index in [-0.39, 0.29) is 17.7 Å². The molecule has 1 amide bonds. The molecule has 2 aromatic rings. The molecule has 0 radical (unpaired) electrons. The van der Waals surface area contributed by atoms with Crippen LogP contribution in [0.5, 0.6) is 11.5 Å². The number of nitrogens with one attached hydrogen (secondary N) is 1. The highest BCUT2D eigenvalue weighted by Crippen LogP contribution is 2.32. The van der Waals surface area contributed by atoms with Crippen LogP contribution in [-0.4, -0.2) is 29.9 Å². The van der Waals surface area contributed by atoms with Crippen LogP contribution in [-0.2, 0) is 4.79 Å². The molecule has 7 heteroatoms. The number of pyridine rings is 1. The number of aryl methyl sites for hydroxylation is 2. The van der Waals surface area contributed by atoms with Crippen LogP contribution in [0.1, 0.15) is 35.3 Å². The predicted molar refractivity (Wildman–Crippen MR) is 103 cm³/mol. The van der Waals surface area contributed by atoms with E-state index >= 15 is 0 Å². The topological polar surface area (TPSA) is 84.2 Å². The first-order chi connectivity index (χ1) is 13.0. The number of hydrogen-bond acceptors (Lipinski definition) is 6. The highest BCUT2D eigenvalue weighted by atomic mass is 32.2. The van der Waals surface area contributed by atoms with Crippen LogP contribution in [0.25, 0.3) is 0 Å². The number of amides is 1. The molecule has 1 aromatic heterocycles. The van der Waals surface area contributed by atoms with Crippen LogP contribution in [0.2, 0.25) is 0 Å². The van der Waals surface area contributed by atoms with E-state index in [9.17, 15) is 10.1 Å². The molecule has 0 bridgehead atoms. The van der Waals surface area contributed by atoms with E-state index in [1.165, 1.54) is 11.8 Å². The summed E-state index contributed by atoms with van der Waals surface area (Å²) in [5.74, 6) is 1.50. The zero-order chi connectivity index (χ0) is 19.4. The Morgan fingerprint density at radius 1 is 1.30 bits per heavy atom. The number of nitrogens with zero attached hydrogens (tertiary/aromatic N) is 2. The first-order valence-corrected chi connectivity index (χ1v) is 9.66. The minimum Gasteiger partial charge on any atom is -0.486 e. The van der Waals surface area contributed by atoms with E-state index in [1.54, 1.807) is 0 Å². The number of carbonyl (C=O) groups excluding carboxylic acids is 1. The van der Waals surface area contributed by atoms with Crippen LogP contribution < -0.4 is 14.8 Å². The Hall–Kier alpha value is -2.72. The molecule has 1 N–H and O–H groups in total. The molecular weight excluding hydrogens is 362 g/mol. The first kappa shape index (κ1) is 19.1. The lowest BCUT2D eigenvalue weighted by Gasteiger charge is -2.21. The fourth-order valence-electron chi connectivity index (χ4n) is 2.87. The average Bonchev–Trinajstić information content (AvgIpc) is 2.65. The van der Waals surface area contributed by atoms with Crippen LogP contribution in [0.15, 0.2) is 29.3 Å². The van der Waals surface area contributed by atoms with E-state index in [0.29, 0.717) is 29.6 Å². The van der Waals surface area contributed by atoms with E-state index in [2.05, 4.69) is 16.4 Å². The van der Waals surface area contributed by atoms with Gasteiger partial charge in [0.25, 0.3) is 0 Å². The van der Waals surface area contributed by atoms with Gasteiger partial charge in [-0.25, -0.2) is 4.98 Å². The smallest absolute Gasteiger partial charge is 0.230 e. The van der Waals surface area contributed by atoms with Gasteiger partial charge in [0.2, 0.25) is 5.91 Å². The van der Waals surface area contributed by atoms with Crippen molar-refractivity contribution in [3.63, 3.8) is 0 Å². The molecule has 140 valence electrons. The highest BCUT2D eigenvalue weighted by Gasteiger charge is 2.17. The third kappa shape index (κ3) is 4.52. The predicted octanol–water partition coefficient (Wildman–Crippen LogP) is 3.31. The number of nitriles is 1. The summed E-state index contributed by atoms with van der Waals surface area (Å²) in [4.78, 5) is 16.8. The van der Waals surface area contributed by atoms with Gasteiger partial charge < -0.3 is 14.8 Å². The van der Waals surface area contributed by atoms with Crippen LogP contribution in [0, 0.1) is 25.2 Å². The molecule has 1 aromatic carbocycles. The summed E-state index contributed by atoms with van der Waals surface area (Å²) in [6.07, 6.45) is 0. The molecule has 0 unspecified atom stereocenters. The van der Waals surface area contributed by atoms with Crippen LogP contribution in [0.3, 0.4) is 0 Å². The van der Waals surface area contributed by atoms with Gasteiger partial charge >= 0.3 is 0 Å². The Morgan fingerprint density at radius 2 is 2.04 bits per heavy atom. The van der Waals surface area contributed by atoms with Crippen molar-refractivity contribution < 1.29 is 14.3 Å². The molecule has 2 heterocycles. The Kier molecular flexibility index (Phi) is 5.87. The molecule has 0 spiro atoms. The second kappa shape index (κ2) is 8.31. The maximum Gasteiger partial charge on any atom is 0.230 e. The van der Waals surface area contributed by atoms with E-state index in [1.807, 2.05) is 45.0 Å². The number of hydrogen-bond donors (Lipinski definition) is 1. The van der Waals surface area contributed by atoms with Gasteiger partial charge in [-0.15, -0.1) is 0 Å². The minimum absolute atomic E-state index is 0.118. The Balaban J connectivity index is 1.62. The summed E-state index contributed by atoms with van der Waals surface area (Å²) in [6, 6.07) is 9.54. The molecule has 1 aliphatic heterocycles. The minimum atomic E-state index is -0.170. The van der Waals surface area contributed by atoms with Crippen molar-refractivity contribution in [2.45, 2.75) is 31.8 Å². The maximum absolute atomic E-state index is 12.4. The molecule has 1 atom stereocenters. The lowest BCUT2D eigenvalue weighted by molar-refractivity contribution is -0.119. The number of benzene rings is 1. The molecule has 0 saturated carbocycles. The van der Waals surface area contributed by atoms with Crippen molar-refractivity contribution in [1.82, 2.24) is 10.3 Å². The van der Waals surface area contributed by atoms with Gasteiger partial charge in [0.1, 0.15) is 24.3 Å². The Morgan fingerprint density at radius 3 is 2.78 bits per heavy atom. The Bertz CT molecular complexity index is 908. The van der Waals surface area contributed by atoms with Crippen molar-refractivity contribution in [2.75, 3.05) is 19.0 Å². The van der Waals surface area contributed by atoms with E-state index in [4.69, 9.17) is 9.47 Å². The lowest BCUT2D eigenvalue weighted by atomic mass is 10.1. The summed E-state index contributed by atoms with van der Waals surface area (Å²) < 4.78 is 11.1. The molecule has 27 heavy (non-hydrogen) atoms. The number of aromatic nitrogens is 1. The molecular formula is C20H21N3O3S. The Labute approximate surface area is 162 Å². The van der Waals surface area contributed by atoms with Crippen LogP contribution in [0.4, 0.5) is 0 Å². The quantitative estimate of drug-likeness (QED) is 0.798. The number of carbonyl (C=O) groups is 1. The monoisotopic (exact) mass is 383 g/mol. The van der Waals surface area contributed by atoms with Gasteiger partial charge in [-0.1, -0.05) is 17.8 Å². The lowest BCUT2D eigenvalue weighted by Crippen LogP contribution is -2.28. The second-order valence-electron chi connectivity index (χ2n) is 6.35. The SMILES string of the molecule is Cc1cc(C)c(C#N)c(SCC(=O)N[C@H](C)c2ccc3c(c2)OCCO3)n1. The van der Waals surface area contributed by atoms with Crippen molar-refractivity contribution >= 4 is 17.7 Å². The number of ether oxygens (including phenoxy) is 2. The summed E-state index contributed by atoms with van der Waals surface area (Å²) >= 11 is 1.28. The third-order valence-corrected chi connectivity index (χ3v) is 5.18. The molecule has 0 saturated heterocycles. The van der Waals surface area contributed by atoms with Crippen LogP contribution >= 0.6 is 11.8 Å². The number of rotatable bonds is 5. The second-order valence-corrected chi connectivity index (χ2v) is 7.32.